The summed E-state index contributed by atoms with van der Waals surface area (Å²) >= 11 is 0. The van der Waals surface area contributed by atoms with Gasteiger partial charge in [-0.3, -0.25) is 4.79 Å². The van der Waals surface area contributed by atoms with Crippen LogP contribution in [0.25, 0.3) is 17.0 Å². The Morgan fingerprint density at radius 1 is 1.00 bits per heavy atom. The molecule has 1 aromatic heterocycles. The van der Waals surface area contributed by atoms with Crippen molar-refractivity contribution in [3.8, 4) is 12.1 Å². The van der Waals surface area contributed by atoms with Crippen molar-refractivity contribution in [2.45, 2.75) is 19.5 Å². The van der Waals surface area contributed by atoms with Crippen molar-refractivity contribution >= 4 is 22.9 Å². The van der Waals surface area contributed by atoms with Gasteiger partial charge in [0.15, 0.2) is 0 Å². The molecule has 1 heterocycles. The highest BCUT2D eigenvalue weighted by atomic mass is 16.1. The summed E-state index contributed by atoms with van der Waals surface area (Å²) in [7, 11) is 0. The lowest BCUT2D eigenvalue weighted by Gasteiger charge is -2.13. The molecule has 0 aliphatic rings. The number of nitrogens with one attached hydrogen (secondary N) is 1. The van der Waals surface area contributed by atoms with Gasteiger partial charge >= 0.3 is 0 Å². The Kier molecular flexibility index (Phi) is 6.34. The Balaban J connectivity index is 1.67. The fourth-order valence-electron chi connectivity index (χ4n) is 3.88. The molecule has 0 radical (unpaired) electrons. The fraction of sp³-hybridized carbons (Fsp3) is 0.107. The lowest BCUT2D eigenvalue weighted by atomic mass is 10.1. The Bertz CT molecular complexity index is 1420. The molecule has 0 aliphatic heterocycles. The van der Waals surface area contributed by atoms with Crippen molar-refractivity contribution in [1.29, 1.82) is 10.5 Å². The van der Waals surface area contributed by atoms with Crippen molar-refractivity contribution in [2.24, 2.45) is 0 Å². The number of aromatic nitrogens is 1. The van der Waals surface area contributed by atoms with Crippen LogP contribution in [0, 0.1) is 22.7 Å². The largest absolute Gasteiger partial charge is 0.345 e. The third kappa shape index (κ3) is 4.69. The molecular formula is C28H22N4O. The molecule has 1 amide bonds. The summed E-state index contributed by atoms with van der Waals surface area (Å²) in [5.74, 6) is -0.416. The van der Waals surface area contributed by atoms with Gasteiger partial charge in [-0.05, 0) is 36.3 Å². The Morgan fingerprint density at radius 3 is 2.45 bits per heavy atom. The summed E-state index contributed by atoms with van der Waals surface area (Å²) in [6, 6.07) is 29.0. The summed E-state index contributed by atoms with van der Waals surface area (Å²) in [6.45, 7) is 2.40. The fourth-order valence-corrected chi connectivity index (χ4v) is 3.88. The van der Waals surface area contributed by atoms with Crippen LogP contribution in [0.3, 0.4) is 0 Å². The molecule has 0 bridgehead atoms. The standard InChI is InChI=1S/C28H22N4O/c1-20(21-9-3-2-4-10-21)31-28(33)24(17-30)15-25-19-32(27-14-8-7-13-26(25)27)18-23-12-6-5-11-22(23)16-29/h2-15,19-20H,18H2,1H3,(H,31,33)/b24-15+/t20-/m0/s1. The third-order valence-electron chi connectivity index (χ3n) is 5.61. The monoisotopic (exact) mass is 430 g/mol. The SMILES string of the molecule is C[C@H](NC(=O)/C(C#N)=C/c1cn(Cc2ccccc2C#N)c2ccccc12)c1ccccc1. The summed E-state index contributed by atoms with van der Waals surface area (Å²) in [5, 5.41) is 23.0. The van der Waals surface area contributed by atoms with E-state index in [1.54, 1.807) is 12.1 Å². The quantitative estimate of drug-likeness (QED) is 0.331. The number of nitrogens with zero attached hydrogens (tertiary/aromatic N) is 3. The van der Waals surface area contributed by atoms with Crippen LogP contribution in [0.2, 0.25) is 0 Å². The van der Waals surface area contributed by atoms with E-state index < -0.39 is 5.91 Å². The zero-order valence-corrected chi connectivity index (χ0v) is 18.2. The highest BCUT2D eigenvalue weighted by molar-refractivity contribution is 6.04. The molecule has 0 unspecified atom stereocenters. The maximum absolute atomic E-state index is 12.8. The van der Waals surface area contributed by atoms with Gasteiger partial charge in [-0.25, -0.2) is 0 Å². The minimum Gasteiger partial charge on any atom is -0.345 e. The second-order valence-corrected chi connectivity index (χ2v) is 7.77. The van der Waals surface area contributed by atoms with Gasteiger partial charge in [-0.1, -0.05) is 66.7 Å². The number of fused-ring (bicyclic) bond motifs is 1. The van der Waals surface area contributed by atoms with Gasteiger partial charge in [0.2, 0.25) is 0 Å². The molecule has 0 aliphatic carbocycles. The van der Waals surface area contributed by atoms with Crippen LogP contribution >= 0.6 is 0 Å². The van der Waals surface area contributed by atoms with E-state index in [-0.39, 0.29) is 11.6 Å². The number of rotatable bonds is 6. The van der Waals surface area contributed by atoms with Gasteiger partial charge < -0.3 is 9.88 Å². The van der Waals surface area contributed by atoms with Crippen molar-refractivity contribution in [1.82, 2.24) is 9.88 Å². The molecule has 0 spiro atoms. The minimum atomic E-state index is -0.416. The average Bonchev–Trinajstić information content (AvgIpc) is 3.20. The predicted octanol–water partition coefficient (Wildman–Crippen LogP) is 5.35. The number of hydrogen-bond donors (Lipinski definition) is 1. The highest BCUT2D eigenvalue weighted by Gasteiger charge is 2.16. The van der Waals surface area contributed by atoms with E-state index in [1.165, 1.54) is 0 Å². The zero-order valence-electron chi connectivity index (χ0n) is 18.2. The highest BCUT2D eigenvalue weighted by Crippen LogP contribution is 2.25. The topological polar surface area (TPSA) is 81.6 Å². The van der Waals surface area contributed by atoms with Gasteiger partial charge in [0.1, 0.15) is 11.6 Å². The number of para-hydroxylation sites is 1. The van der Waals surface area contributed by atoms with Gasteiger partial charge in [-0.15, -0.1) is 0 Å². The molecule has 4 aromatic rings. The lowest BCUT2D eigenvalue weighted by molar-refractivity contribution is -0.117. The summed E-state index contributed by atoms with van der Waals surface area (Å²) < 4.78 is 2.04. The Morgan fingerprint density at radius 2 is 1.70 bits per heavy atom. The molecule has 0 fully saturated rings. The maximum atomic E-state index is 12.8. The molecule has 4 rings (SSSR count). The van der Waals surface area contributed by atoms with Crippen molar-refractivity contribution < 1.29 is 4.79 Å². The summed E-state index contributed by atoms with van der Waals surface area (Å²) in [6.07, 6.45) is 3.55. The van der Waals surface area contributed by atoms with Crippen LogP contribution < -0.4 is 5.32 Å². The van der Waals surface area contributed by atoms with Gasteiger partial charge in [0.05, 0.1) is 17.7 Å². The molecule has 5 nitrogen and oxygen atoms in total. The van der Waals surface area contributed by atoms with Crippen LogP contribution in [0.1, 0.15) is 35.2 Å². The van der Waals surface area contributed by atoms with Crippen LogP contribution in [0.5, 0.6) is 0 Å². The van der Waals surface area contributed by atoms with E-state index in [4.69, 9.17) is 0 Å². The second-order valence-electron chi connectivity index (χ2n) is 7.77. The molecule has 5 heteroatoms. The normalized spacial score (nSPS) is 12.0. The number of carbonyl (C=O) groups is 1. The van der Waals surface area contributed by atoms with E-state index in [1.807, 2.05) is 96.6 Å². The number of hydrogen-bond acceptors (Lipinski definition) is 3. The number of carbonyl (C=O) groups excluding carboxylic acids is 1. The molecule has 1 atom stereocenters. The van der Waals surface area contributed by atoms with Crippen LogP contribution in [0.15, 0.2) is 90.6 Å². The first-order chi connectivity index (χ1) is 16.1. The van der Waals surface area contributed by atoms with Crippen LogP contribution in [0.4, 0.5) is 0 Å². The average molecular weight is 431 g/mol. The molecular weight excluding hydrogens is 408 g/mol. The van der Waals surface area contributed by atoms with Crippen molar-refractivity contribution in [3.63, 3.8) is 0 Å². The van der Waals surface area contributed by atoms with E-state index >= 15 is 0 Å². The van der Waals surface area contributed by atoms with E-state index in [0.717, 1.165) is 27.6 Å². The predicted molar refractivity (Wildman–Crippen MR) is 129 cm³/mol. The molecule has 1 N–H and O–H groups in total. The molecule has 3 aromatic carbocycles. The third-order valence-corrected chi connectivity index (χ3v) is 5.61. The molecule has 33 heavy (non-hydrogen) atoms. The maximum Gasteiger partial charge on any atom is 0.262 e. The first kappa shape index (κ1) is 21.6. The molecule has 160 valence electrons. The zero-order chi connectivity index (χ0) is 23.2. The van der Waals surface area contributed by atoms with Gasteiger partial charge in [0, 0.05) is 29.2 Å². The van der Waals surface area contributed by atoms with E-state index in [0.29, 0.717) is 12.1 Å². The Hall–Kier alpha value is -4.61. The summed E-state index contributed by atoms with van der Waals surface area (Å²) in [5.41, 5.74) is 4.28. The lowest BCUT2D eigenvalue weighted by Crippen LogP contribution is -2.27. The first-order valence-corrected chi connectivity index (χ1v) is 10.6. The van der Waals surface area contributed by atoms with Gasteiger partial charge in [-0.2, -0.15) is 10.5 Å². The van der Waals surface area contributed by atoms with E-state index in [2.05, 4.69) is 11.4 Å². The Labute approximate surface area is 192 Å². The number of benzene rings is 3. The van der Waals surface area contributed by atoms with Crippen molar-refractivity contribution in [2.75, 3.05) is 0 Å². The minimum absolute atomic E-state index is 0.0399. The molecule has 0 saturated heterocycles. The van der Waals surface area contributed by atoms with Gasteiger partial charge in [0.25, 0.3) is 5.91 Å². The second kappa shape index (κ2) is 9.68. The first-order valence-electron chi connectivity index (χ1n) is 10.6. The van der Waals surface area contributed by atoms with Crippen LogP contribution in [-0.2, 0) is 11.3 Å². The van der Waals surface area contributed by atoms with Crippen LogP contribution in [-0.4, -0.2) is 10.5 Å². The number of amides is 1. The van der Waals surface area contributed by atoms with E-state index in [9.17, 15) is 15.3 Å². The molecule has 0 saturated carbocycles. The van der Waals surface area contributed by atoms with Crippen molar-refractivity contribution in [3.05, 3.63) is 113 Å². The smallest absolute Gasteiger partial charge is 0.262 e. The summed E-state index contributed by atoms with van der Waals surface area (Å²) in [4.78, 5) is 12.8. The number of nitriles is 2.